The van der Waals surface area contributed by atoms with E-state index < -0.39 is 10.8 Å². The van der Waals surface area contributed by atoms with Crippen molar-refractivity contribution in [3.05, 3.63) is 29.8 Å². The van der Waals surface area contributed by atoms with Crippen LogP contribution in [0.15, 0.2) is 29.2 Å². The predicted molar refractivity (Wildman–Crippen MR) is 46.4 cm³/mol. The van der Waals surface area contributed by atoms with Crippen molar-refractivity contribution in [2.24, 2.45) is 0 Å². The highest BCUT2D eigenvalue weighted by atomic mass is 32.2. The van der Waals surface area contributed by atoms with Crippen molar-refractivity contribution < 1.29 is 4.21 Å². The number of aryl methyl sites for hydroxylation is 1. The fraction of sp³-hybridized carbons (Fsp3) is 0.111. The Morgan fingerprint density at radius 2 is 1.91 bits per heavy atom. The zero-order chi connectivity index (χ0) is 8.27. The third kappa shape index (κ3) is 1.92. The van der Waals surface area contributed by atoms with Crippen LogP contribution in [-0.2, 0) is 10.8 Å². The Hall–Kier alpha value is -1.07. The number of hydrogen-bond donors (Lipinski definition) is 0. The second-order valence-corrected chi connectivity index (χ2v) is 3.44. The average molecular weight is 164 g/mol. The van der Waals surface area contributed by atoms with Gasteiger partial charge in [-0.15, -0.1) is 6.42 Å². The molecule has 0 aliphatic heterocycles. The van der Waals surface area contributed by atoms with Crippen molar-refractivity contribution in [1.29, 1.82) is 0 Å². The fourth-order valence-corrected chi connectivity index (χ4v) is 1.25. The summed E-state index contributed by atoms with van der Waals surface area (Å²) in [5.41, 5.74) is 1.14. The first kappa shape index (κ1) is 8.03. The summed E-state index contributed by atoms with van der Waals surface area (Å²) in [5.74, 6) is 0. The summed E-state index contributed by atoms with van der Waals surface area (Å²) >= 11 is 0. The second kappa shape index (κ2) is 3.36. The molecule has 1 aromatic rings. The minimum atomic E-state index is -1.27. The summed E-state index contributed by atoms with van der Waals surface area (Å²) in [5, 5.41) is 2.17. The molecule has 0 heterocycles. The Balaban J connectivity index is 3.01. The smallest absolute Gasteiger partial charge is 0.129 e. The quantitative estimate of drug-likeness (QED) is 0.577. The van der Waals surface area contributed by atoms with E-state index in [1.165, 1.54) is 0 Å². The van der Waals surface area contributed by atoms with Crippen LogP contribution in [0.3, 0.4) is 0 Å². The molecule has 11 heavy (non-hydrogen) atoms. The zero-order valence-corrected chi connectivity index (χ0v) is 7.02. The minimum absolute atomic E-state index is 0.693. The third-order valence-electron chi connectivity index (χ3n) is 1.34. The van der Waals surface area contributed by atoms with Gasteiger partial charge in [-0.1, -0.05) is 17.7 Å². The van der Waals surface area contributed by atoms with Gasteiger partial charge in [-0.25, -0.2) is 4.21 Å². The maximum absolute atomic E-state index is 11.0. The Labute approximate surface area is 68.9 Å². The van der Waals surface area contributed by atoms with Gasteiger partial charge in [0.15, 0.2) is 0 Å². The molecule has 1 nitrogen and oxygen atoms in total. The van der Waals surface area contributed by atoms with Crippen LogP contribution in [0.4, 0.5) is 0 Å². The molecule has 1 atom stereocenters. The van der Waals surface area contributed by atoms with Gasteiger partial charge in [-0.05, 0) is 24.3 Å². The van der Waals surface area contributed by atoms with Gasteiger partial charge in [-0.2, -0.15) is 0 Å². The van der Waals surface area contributed by atoms with Crippen molar-refractivity contribution in [3.63, 3.8) is 0 Å². The number of rotatable bonds is 1. The first-order valence-electron chi connectivity index (χ1n) is 3.18. The molecule has 0 aliphatic carbocycles. The fourth-order valence-electron chi connectivity index (χ4n) is 0.730. The van der Waals surface area contributed by atoms with Crippen LogP contribution in [0.5, 0.6) is 0 Å². The molecular formula is C9H8OS. The van der Waals surface area contributed by atoms with E-state index in [1.54, 1.807) is 12.1 Å². The lowest BCUT2D eigenvalue weighted by Gasteiger charge is -1.94. The van der Waals surface area contributed by atoms with E-state index in [2.05, 4.69) is 5.25 Å². The number of hydrogen-bond acceptors (Lipinski definition) is 1. The lowest BCUT2D eigenvalue weighted by atomic mass is 10.2. The van der Waals surface area contributed by atoms with E-state index in [1.807, 2.05) is 19.1 Å². The molecule has 0 spiro atoms. The number of terminal acetylenes is 1. The molecule has 0 bridgehead atoms. The maximum atomic E-state index is 11.0. The lowest BCUT2D eigenvalue weighted by Crippen LogP contribution is -1.85. The molecule has 2 heteroatoms. The second-order valence-electron chi connectivity index (χ2n) is 2.20. The summed E-state index contributed by atoms with van der Waals surface area (Å²) in [6.45, 7) is 1.97. The Bertz CT molecular complexity index is 305. The van der Waals surface area contributed by atoms with Crippen molar-refractivity contribution in [2.45, 2.75) is 11.8 Å². The molecule has 0 amide bonds. The minimum Gasteiger partial charge on any atom is -0.240 e. The van der Waals surface area contributed by atoms with Gasteiger partial charge in [0.05, 0.1) is 4.90 Å². The molecule has 0 saturated heterocycles. The van der Waals surface area contributed by atoms with Gasteiger partial charge in [-0.3, -0.25) is 0 Å². The van der Waals surface area contributed by atoms with Crippen LogP contribution >= 0.6 is 0 Å². The predicted octanol–water partition coefficient (Wildman–Crippen LogP) is 1.69. The summed E-state index contributed by atoms with van der Waals surface area (Å²) in [6, 6.07) is 7.35. The molecule has 0 aliphatic rings. The molecule has 0 N–H and O–H groups in total. The third-order valence-corrected chi connectivity index (χ3v) is 2.26. The SMILES string of the molecule is C#C[S@@](=O)c1ccc(C)cc1. The van der Waals surface area contributed by atoms with Crippen LogP contribution in [0.1, 0.15) is 5.56 Å². The molecule has 0 fully saturated rings. The normalized spacial score (nSPS) is 12.0. The Morgan fingerprint density at radius 1 is 1.36 bits per heavy atom. The van der Waals surface area contributed by atoms with E-state index in [0.29, 0.717) is 4.90 Å². The van der Waals surface area contributed by atoms with Gasteiger partial charge >= 0.3 is 0 Å². The van der Waals surface area contributed by atoms with Gasteiger partial charge in [0.1, 0.15) is 10.8 Å². The first-order chi connectivity index (χ1) is 5.24. The zero-order valence-electron chi connectivity index (χ0n) is 6.20. The standard InChI is InChI=1S/C9H8OS/c1-3-11(10)9-6-4-8(2)5-7-9/h1,4-7H,2H3/t11-/m1/s1. The molecule has 1 rings (SSSR count). The van der Waals surface area contributed by atoms with Crippen LogP contribution < -0.4 is 0 Å². The highest BCUT2D eigenvalue weighted by Gasteiger charge is 1.96. The van der Waals surface area contributed by atoms with E-state index in [4.69, 9.17) is 6.42 Å². The van der Waals surface area contributed by atoms with E-state index >= 15 is 0 Å². The van der Waals surface area contributed by atoms with Gasteiger partial charge in [0.25, 0.3) is 0 Å². The van der Waals surface area contributed by atoms with Crippen molar-refractivity contribution in [1.82, 2.24) is 0 Å². The lowest BCUT2D eigenvalue weighted by molar-refractivity contribution is 0.689. The first-order valence-corrected chi connectivity index (χ1v) is 4.33. The molecule has 0 radical (unpaired) electrons. The molecule has 0 saturated carbocycles. The highest BCUT2D eigenvalue weighted by Crippen LogP contribution is 2.06. The van der Waals surface area contributed by atoms with Gasteiger partial charge < -0.3 is 0 Å². The number of benzene rings is 1. The summed E-state index contributed by atoms with van der Waals surface area (Å²) in [7, 11) is -1.27. The van der Waals surface area contributed by atoms with Crippen molar-refractivity contribution in [3.8, 4) is 11.7 Å². The van der Waals surface area contributed by atoms with E-state index in [-0.39, 0.29) is 0 Å². The molecule has 56 valence electrons. The summed E-state index contributed by atoms with van der Waals surface area (Å²) < 4.78 is 11.0. The Morgan fingerprint density at radius 3 is 2.36 bits per heavy atom. The van der Waals surface area contributed by atoms with Gasteiger partial charge in [0, 0.05) is 0 Å². The molecule has 0 aromatic heterocycles. The average Bonchev–Trinajstić information content (AvgIpc) is 2.05. The van der Waals surface area contributed by atoms with Crippen molar-refractivity contribution >= 4 is 10.8 Å². The molecular weight excluding hydrogens is 156 g/mol. The highest BCUT2D eigenvalue weighted by molar-refractivity contribution is 7.89. The topological polar surface area (TPSA) is 17.1 Å². The Kier molecular flexibility index (Phi) is 2.45. The molecule has 1 aromatic carbocycles. The van der Waals surface area contributed by atoms with Crippen LogP contribution in [0.25, 0.3) is 0 Å². The van der Waals surface area contributed by atoms with Crippen molar-refractivity contribution in [2.75, 3.05) is 0 Å². The summed E-state index contributed by atoms with van der Waals surface area (Å²) in [6.07, 6.45) is 4.99. The van der Waals surface area contributed by atoms with Crippen LogP contribution in [0.2, 0.25) is 0 Å². The maximum Gasteiger partial charge on any atom is 0.129 e. The van der Waals surface area contributed by atoms with Crippen LogP contribution in [0, 0.1) is 18.6 Å². The van der Waals surface area contributed by atoms with Crippen LogP contribution in [-0.4, -0.2) is 4.21 Å². The van der Waals surface area contributed by atoms with Gasteiger partial charge in [0.2, 0.25) is 0 Å². The largest absolute Gasteiger partial charge is 0.240 e. The summed E-state index contributed by atoms with van der Waals surface area (Å²) in [4.78, 5) is 0.693. The molecule has 0 unspecified atom stereocenters. The van der Waals surface area contributed by atoms with E-state index in [0.717, 1.165) is 5.56 Å². The monoisotopic (exact) mass is 164 g/mol. The van der Waals surface area contributed by atoms with E-state index in [9.17, 15) is 4.21 Å².